The first-order valence-corrected chi connectivity index (χ1v) is 10.3. The molecule has 2 heterocycles. The highest BCUT2D eigenvalue weighted by Gasteiger charge is 2.18. The van der Waals surface area contributed by atoms with Gasteiger partial charge >= 0.3 is 0 Å². The van der Waals surface area contributed by atoms with Crippen LogP contribution in [-0.4, -0.2) is 9.97 Å². The molecule has 6 aromatic rings. The first kappa shape index (κ1) is 17.3. The number of pyridine rings is 1. The molecule has 2 aromatic heterocycles. The van der Waals surface area contributed by atoms with Crippen molar-refractivity contribution in [3.05, 3.63) is 102 Å². The first-order valence-electron chi connectivity index (χ1n) is 9.93. The molecule has 0 aliphatic rings. The average Bonchev–Trinajstić information content (AvgIpc) is 3.23. The zero-order valence-corrected chi connectivity index (χ0v) is 16.8. The van der Waals surface area contributed by atoms with E-state index in [0.29, 0.717) is 0 Å². The summed E-state index contributed by atoms with van der Waals surface area (Å²) in [6.45, 7) is 0. The first-order chi connectivity index (χ1) is 14.8. The predicted molar refractivity (Wildman–Crippen MR) is 127 cm³/mol. The van der Waals surface area contributed by atoms with Crippen LogP contribution in [0, 0.1) is 0 Å². The number of halogens is 1. The minimum Gasteiger partial charge on any atom is -0.359 e. The van der Waals surface area contributed by atoms with E-state index in [2.05, 4.69) is 84.0 Å². The van der Waals surface area contributed by atoms with Crippen LogP contribution in [0.4, 0.5) is 0 Å². The number of hydrogen-bond acceptors (Lipinski definition) is 1. The third-order valence-corrected chi connectivity index (χ3v) is 6.11. The number of fused-ring (bicyclic) bond motifs is 3. The third-order valence-electron chi connectivity index (χ3n) is 5.79. The molecule has 142 valence electrons. The van der Waals surface area contributed by atoms with Crippen LogP contribution in [0.1, 0.15) is 0 Å². The Bertz CT molecular complexity index is 1560. The van der Waals surface area contributed by atoms with Gasteiger partial charge < -0.3 is 4.98 Å². The normalized spacial score (nSPS) is 11.5. The SMILES string of the molecule is Clc1cccc2c(-c3ccc4ccccc4c3-c3nccc4ccccc34)c[nH]c12. The fourth-order valence-corrected chi connectivity index (χ4v) is 4.64. The van der Waals surface area contributed by atoms with Crippen LogP contribution >= 0.6 is 11.6 Å². The Hall–Kier alpha value is -3.62. The van der Waals surface area contributed by atoms with E-state index in [1.807, 2.05) is 18.3 Å². The number of hydrogen-bond donors (Lipinski definition) is 1. The van der Waals surface area contributed by atoms with E-state index < -0.39 is 0 Å². The standard InChI is InChI=1S/C27H17ClN2/c28-24-11-5-10-22-23(16-30-26(22)24)21-13-12-17-6-1-3-8-19(17)25(21)27-20-9-4-2-7-18(20)14-15-29-27/h1-16,30H. The highest BCUT2D eigenvalue weighted by molar-refractivity contribution is 6.35. The molecule has 0 aliphatic carbocycles. The van der Waals surface area contributed by atoms with Gasteiger partial charge in [-0.05, 0) is 33.9 Å². The van der Waals surface area contributed by atoms with Crippen LogP contribution in [0.15, 0.2) is 97.3 Å². The summed E-state index contributed by atoms with van der Waals surface area (Å²) in [6, 6.07) is 29.4. The van der Waals surface area contributed by atoms with E-state index in [4.69, 9.17) is 16.6 Å². The molecule has 0 amide bonds. The third kappa shape index (κ3) is 2.54. The minimum absolute atomic E-state index is 0.726. The molecule has 0 aliphatic heterocycles. The van der Waals surface area contributed by atoms with Crippen LogP contribution in [0.5, 0.6) is 0 Å². The van der Waals surface area contributed by atoms with E-state index >= 15 is 0 Å². The van der Waals surface area contributed by atoms with Gasteiger partial charge in [-0.2, -0.15) is 0 Å². The monoisotopic (exact) mass is 404 g/mol. The van der Waals surface area contributed by atoms with E-state index in [9.17, 15) is 0 Å². The zero-order chi connectivity index (χ0) is 20.1. The van der Waals surface area contributed by atoms with E-state index in [0.717, 1.165) is 43.7 Å². The largest absolute Gasteiger partial charge is 0.359 e. The number of benzene rings is 4. The van der Waals surface area contributed by atoms with Crippen molar-refractivity contribution in [2.24, 2.45) is 0 Å². The molecule has 6 rings (SSSR count). The lowest BCUT2D eigenvalue weighted by atomic mass is 9.90. The maximum atomic E-state index is 6.44. The average molecular weight is 405 g/mol. The van der Waals surface area contributed by atoms with E-state index in [-0.39, 0.29) is 0 Å². The van der Waals surface area contributed by atoms with Gasteiger partial charge in [0, 0.05) is 34.3 Å². The number of rotatable bonds is 2. The van der Waals surface area contributed by atoms with Gasteiger partial charge in [-0.3, -0.25) is 4.98 Å². The number of aromatic amines is 1. The van der Waals surface area contributed by atoms with Crippen molar-refractivity contribution >= 4 is 44.0 Å². The van der Waals surface area contributed by atoms with Crippen molar-refractivity contribution < 1.29 is 0 Å². The smallest absolute Gasteiger partial charge is 0.0792 e. The number of H-pyrrole nitrogens is 1. The van der Waals surface area contributed by atoms with Crippen molar-refractivity contribution in [1.82, 2.24) is 9.97 Å². The maximum Gasteiger partial charge on any atom is 0.0792 e. The van der Waals surface area contributed by atoms with Crippen molar-refractivity contribution in [2.45, 2.75) is 0 Å². The molecule has 0 fully saturated rings. The molecule has 0 bridgehead atoms. The van der Waals surface area contributed by atoms with Crippen LogP contribution in [0.25, 0.3) is 54.8 Å². The Morgan fingerprint density at radius 1 is 0.633 bits per heavy atom. The fourth-order valence-electron chi connectivity index (χ4n) is 4.41. The second-order valence-electron chi connectivity index (χ2n) is 7.45. The topological polar surface area (TPSA) is 28.7 Å². The fraction of sp³-hybridized carbons (Fsp3) is 0. The summed E-state index contributed by atoms with van der Waals surface area (Å²) in [6.07, 6.45) is 3.95. The molecule has 0 radical (unpaired) electrons. The molecule has 4 aromatic carbocycles. The van der Waals surface area contributed by atoms with Gasteiger partial charge in [-0.25, -0.2) is 0 Å². The van der Waals surface area contributed by atoms with Gasteiger partial charge in [0.25, 0.3) is 0 Å². The molecule has 3 heteroatoms. The zero-order valence-electron chi connectivity index (χ0n) is 16.1. The predicted octanol–water partition coefficient (Wildman–Crippen LogP) is 7.86. The number of aromatic nitrogens is 2. The van der Waals surface area contributed by atoms with Gasteiger partial charge in [0.05, 0.1) is 16.2 Å². The van der Waals surface area contributed by atoms with Gasteiger partial charge in [0.1, 0.15) is 0 Å². The minimum atomic E-state index is 0.726. The quantitative estimate of drug-likeness (QED) is 0.312. The Kier molecular flexibility index (Phi) is 3.87. The highest BCUT2D eigenvalue weighted by atomic mass is 35.5. The highest BCUT2D eigenvalue weighted by Crippen LogP contribution is 2.42. The Morgan fingerprint density at radius 2 is 1.37 bits per heavy atom. The summed E-state index contributed by atoms with van der Waals surface area (Å²) in [7, 11) is 0. The van der Waals surface area contributed by atoms with Gasteiger partial charge in [-0.1, -0.05) is 84.4 Å². The summed E-state index contributed by atoms with van der Waals surface area (Å²) >= 11 is 6.44. The van der Waals surface area contributed by atoms with Crippen molar-refractivity contribution in [2.75, 3.05) is 0 Å². The maximum absolute atomic E-state index is 6.44. The summed E-state index contributed by atoms with van der Waals surface area (Å²) in [5, 5.41) is 6.56. The number of nitrogens with one attached hydrogen (secondary N) is 1. The summed E-state index contributed by atoms with van der Waals surface area (Å²) < 4.78 is 0. The van der Waals surface area contributed by atoms with Crippen LogP contribution in [0.3, 0.4) is 0 Å². The molecule has 30 heavy (non-hydrogen) atoms. The van der Waals surface area contributed by atoms with Crippen molar-refractivity contribution in [1.29, 1.82) is 0 Å². The van der Waals surface area contributed by atoms with Crippen LogP contribution < -0.4 is 0 Å². The van der Waals surface area contributed by atoms with Gasteiger partial charge in [-0.15, -0.1) is 0 Å². The molecule has 0 atom stereocenters. The molecule has 1 N–H and O–H groups in total. The molecule has 0 saturated carbocycles. The lowest BCUT2D eigenvalue weighted by molar-refractivity contribution is 1.36. The van der Waals surface area contributed by atoms with Gasteiger partial charge in [0.15, 0.2) is 0 Å². The second-order valence-corrected chi connectivity index (χ2v) is 7.86. The number of nitrogens with zero attached hydrogens (tertiary/aromatic N) is 1. The lowest BCUT2D eigenvalue weighted by Gasteiger charge is -2.15. The number of para-hydroxylation sites is 1. The molecule has 0 saturated heterocycles. The van der Waals surface area contributed by atoms with Crippen LogP contribution in [-0.2, 0) is 0 Å². The lowest BCUT2D eigenvalue weighted by Crippen LogP contribution is -1.91. The Morgan fingerprint density at radius 3 is 2.23 bits per heavy atom. The van der Waals surface area contributed by atoms with Crippen LogP contribution in [0.2, 0.25) is 5.02 Å². The van der Waals surface area contributed by atoms with Crippen molar-refractivity contribution in [3.63, 3.8) is 0 Å². The Labute approximate surface area is 178 Å². The molecular weight excluding hydrogens is 388 g/mol. The summed E-state index contributed by atoms with van der Waals surface area (Å²) in [5.41, 5.74) is 5.37. The van der Waals surface area contributed by atoms with E-state index in [1.54, 1.807) is 0 Å². The summed E-state index contributed by atoms with van der Waals surface area (Å²) in [4.78, 5) is 8.23. The van der Waals surface area contributed by atoms with E-state index in [1.165, 1.54) is 16.2 Å². The molecule has 0 spiro atoms. The van der Waals surface area contributed by atoms with Gasteiger partial charge in [0.2, 0.25) is 0 Å². The second kappa shape index (κ2) is 6.72. The summed E-state index contributed by atoms with van der Waals surface area (Å²) in [5.74, 6) is 0. The Balaban J connectivity index is 1.77. The molecular formula is C27H17ClN2. The molecule has 0 unspecified atom stereocenters. The molecule has 2 nitrogen and oxygen atoms in total. The van der Waals surface area contributed by atoms with Crippen molar-refractivity contribution in [3.8, 4) is 22.4 Å².